The molecule has 2 saturated heterocycles. The second-order valence-corrected chi connectivity index (χ2v) is 10.3. The maximum atomic E-state index is 15.8. The molecule has 0 aliphatic carbocycles. The van der Waals surface area contributed by atoms with Gasteiger partial charge in [-0.05, 0) is 42.3 Å². The van der Waals surface area contributed by atoms with Crippen molar-refractivity contribution in [1.29, 1.82) is 0 Å². The van der Waals surface area contributed by atoms with Gasteiger partial charge in [-0.3, -0.25) is 0 Å². The fraction of sp³-hybridized carbons (Fsp3) is 0.385. The Morgan fingerprint density at radius 3 is 2.73 bits per heavy atom. The van der Waals surface area contributed by atoms with Crippen molar-refractivity contribution in [2.24, 2.45) is 10.3 Å². The van der Waals surface area contributed by atoms with E-state index in [1.165, 1.54) is 4.68 Å². The van der Waals surface area contributed by atoms with Crippen molar-refractivity contribution in [3.05, 3.63) is 86.8 Å². The average Bonchev–Trinajstić information content (AvgIpc) is 3.56. The molecule has 6 atom stereocenters. The van der Waals surface area contributed by atoms with Crippen molar-refractivity contribution in [1.82, 2.24) is 20.0 Å². The molecule has 0 N–H and O–H groups in total. The van der Waals surface area contributed by atoms with Crippen molar-refractivity contribution in [3.8, 4) is 5.69 Å². The molecule has 14 heteroatoms. The number of hydrogen-bond donors (Lipinski definition) is 0. The Labute approximate surface area is 248 Å². The molecule has 40 heavy (non-hydrogen) atoms. The lowest BCUT2D eigenvalue weighted by atomic mass is 9.95. The molecule has 2 aromatic carbocycles. The van der Waals surface area contributed by atoms with Gasteiger partial charge >= 0.3 is 0 Å². The third-order valence-electron chi connectivity index (χ3n) is 6.27. The lowest BCUT2D eigenvalue weighted by Gasteiger charge is -2.42. The second-order valence-electron chi connectivity index (χ2n) is 8.92. The topological polar surface area (TPSA) is 95.6 Å². The zero-order chi connectivity index (χ0) is 28.2. The summed E-state index contributed by atoms with van der Waals surface area (Å²) in [6.07, 6.45) is -2.99. The highest BCUT2D eigenvalue weighted by atomic mass is 79.9. The van der Waals surface area contributed by atoms with Crippen molar-refractivity contribution in [3.63, 3.8) is 0 Å². The Balaban J connectivity index is 1.60. The maximum absolute atomic E-state index is 15.8. The van der Waals surface area contributed by atoms with Gasteiger partial charge < -0.3 is 18.9 Å². The average molecular weight is 656 g/mol. The summed E-state index contributed by atoms with van der Waals surface area (Å²) >= 11 is 16.1. The van der Waals surface area contributed by atoms with Gasteiger partial charge in [-0.1, -0.05) is 80.0 Å². The molecule has 0 bridgehead atoms. The number of aryl methyl sites for hydroxylation is 1. The van der Waals surface area contributed by atoms with Crippen molar-refractivity contribution in [2.45, 2.75) is 50.8 Å². The fourth-order valence-electron chi connectivity index (χ4n) is 4.61. The molecule has 6 unspecified atom stereocenters. The van der Waals surface area contributed by atoms with E-state index in [9.17, 15) is 0 Å². The number of halogens is 4. The second kappa shape index (κ2) is 13.0. The lowest BCUT2D eigenvalue weighted by molar-refractivity contribution is -0.268. The van der Waals surface area contributed by atoms with Crippen LogP contribution in [0.4, 0.5) is 4.48 Å². The van der Waals surface area contributed by atoms with Crippen LogP contribution in [0.3, 0.4) is 0 Å². The summed E-state index contributed by atoms with van der Waals surface area (Å²) in [6.45, 7) is 3.88. The van der Waals surface area contributed by atoms with Crippen LogP contribution in [0, 0.1) is 6.92 Å². The van der Waals surface area contributed by atoms with Gasteiger partial charge in [0, 0.05) is 10.6 Å². The molecule has 0 saturated carbocycles. The zero-order valence-electron chi connectivity index (χ0n) is 21.5. The minimum atomic E-state index is -1.13. The summed E-state index contributed by atoms with van der Waals surface area (Å²) in [7, 11) is 0. The van der Waals surface area contributed by atoms with Crippen LogP contribution >= 0.6 is 39.1 Å². The largest absolute Gasteiger partial charge is 0.368 e. The van der Waals surface area contributed by atoms with E-state index in [0.717, 1.165) is 5.56 Å². The van der Waals surface area contributed by atoms with Crippen molar-refractivity contribution < 1.29 is 23.4 Å². The molecule has 2 aliphatic rings. The molecule has 2 aliphatic heterocycles. The summed E-state index contributed by atoms with van der Waals surface area (Å²) < 4.78 is 42.4. The predicted molar refractivity (Wildman–Crippen MR) is 149 cm³/mol. The first-order valence-corrected chi connectivity index (χ1v) is 14.2. The van der Waals surface area contributed by atoms with E-state index in [0.29, 0.717) is 27.4 Å². The van der Waals surface area contributed by atoms with Gasteiger partial charge in [0.1, 0.15) is 30.2 Å². The minimum absolute atomic E-state index is 0.121. The van der Waals surface area contributed by atoms with E-state index in [-0.39, 0.29) is 18.4 Å². The highest BCUT2D eigenvalue weighted by Crippen LogP contribution is 2.45. The molecular weight excluding hydrogens is 630 g/mol. The molecule has 10 nitrogen and oxygen atoms in total. The minimum Gasteiger partial charge on any atom is -0.368 e. The van der Waals surface area contributed by atoms with Crippen LogP contribution < -0.4 is 0 Å². The maximum Gasteiger partial charge on any atom is 0.190 e. The molecular formula is C26H26BrCl2FN6O4. The molecule has 212 valence electrons. The summed E-state index contributed by atoms with van der Waals surface area (Å²) in [6, 6.07) is 13.2. The normalized spacial score (nSPS) is 26.6. The number of hydrogen-bond acceptors (Lipinski definition) is 8. The Kier molecular flexibility index (Phi) is 9.46. The van der Waals surface area contributed by atoms with E-state index in [1.807, 2.05) is 30.3 Å². The highest BCUT2D eigenvalue weighted by molar-refractivity contribution is 9.11. The lowest BCUT2D eigenvalue weighted by Crippen LogP contribution is -2.58. The molecule has 0 spiro atoms. The molecule has 0 radical (unpaired) electrons. The number of nitrogens with zero attached hydrogens (tertiary/aromatic N) is 6. The number of fused-ring (bicyclic) bond motifs is 1. The summed E-state index contributed by atoms with van der Waals surface area (Å²) in [5.41, 5.74) is 1.22. The summed E-state index contributed by atoms with van der Waals surface area (Å²) in [4.78, 5) is 6.28. The van der Waals surface area contributed by atoms with Crippen LogP contribution in [0.1, 0.15) is 36.5 Å². The molecule has 0 amide bonds. The summed E-state index contributed by atoms with van der Waals surface area (Å²) in [5, 5.41) is 13.2. The first-order valence-electron chi connectivity index (χ1n) is 12.5. The van der Waals surface area contributed by atoms with Crippen molar-refractivity contribution >= 4 is 39.1 Å². The molecule has 5 rings (SSSR count). The van der Waals surface area contributed by atoms with E-state index >= 15 is 4.48 Å². The third-order valence-corrected chi connectivity index (χ3v) is 7.20. The SMILES string of the molecule is CCN=NN(F)C1C2OC(c3ccccc3)OC2OC(c2nc(C)nn2-c2cc(Cl)ccc2Cl)C1OC/C=C/Br. The van der Waals surface area contributed by atoms with Gasteiger partial charge in [0.05, 0.1) is 23.9 Å². The third kappa shape index (κ3) is 6.08. The smallest absolute Gasteiger partial charge is 0.190 e. The van der Waals surface area contributed by atoms with Gasteiger partial charge in [0.2, 0.25) is 0 Å². The van der Waals surface area contributed by atoms with Crippen LogP contribution in [0.15, 0.2) is 69.9 Å². The van der Waals surface area contributed by atoms with Gasteiger partial charge in [-0.25, -0.2) is 9.67 Å². The standard InChI is InChI=1S/C26H26BrCl2FN6O4/c1-3-31-34-36(30)20-21(37-13-7-12-27)23(39-26-22(20)38-25(40-26)16-8-5-4-6-9-16)24-32-15(2)33-35(24)19-14-17(28)10-11-18(19)29/h4-12,14,20-23,25-26H,3,13H2,1-2H3/b12-7+,34-31?. The molecule has 1 aromatic heterocycles. The number of benzene rings is 2. The van der Waals surface area contributed by atoms with Gasteiger partial charge in [0.25, 0.3) is 0 Å². The Morgan fingerprint density at radius 2 is 1.98 bits per heavy atom. The van der Waals surface area contributed by atoms with E-state index in [4.69, 9.17) is 42.1 Å². The molecule has 2 fully saturated rings. The van der Waals surface area contributed by atoms with Crippen LogP contribution in [0.25, 0.3) is 5.69 Å². The molecule has 3 heterocycles. The van der Waals surface area contributed by atoms with Gasteiger partial charge in [-0.2, -0.15) is 10.2 Å². The Hall–Kier alpha value is -2.45. The van der Waals surface area contributed by atoms with E-state index < -0.39 is 36.9 Å². The quantitative estimate of drug-likeness (QED) is 0.145. The van der Waals surface area contributed by atoms with Crippen LogP contribution in [-0.2, 0) is 18.9 Å². The number of ether oxygens (including phenoxy) is 4. The van der Waals surface area contributed by atoms with Gasteiger partial charge in [0.15, 0.2) is 18.4 Å². The van der Waals surface area contributed by atoms with E-state index in [1.54, 1.807) is 43.1 Å². The van der Waals surface area contributed by atoms with Crippen LogP contribution in [0.5, 0.6) is 0 Å². The highest BCUT2D eigenvalue weighted by Gasteiger charge is 2.57. The monoisotopic (exact) mass is 654 g/mol. The zero-order valence-corrected chi connectivity index (χ0v) is 24.6. The van der Waals surface area contributed by atoms with Gasteiger partial charge in [-0.15, -0.1) is 5.23 Å². The first kappa shape index (κ1) is 29.1. The Morgan fingerprint density at radius 1 is 1.18 bits per heavy atom. The van der Waals surface area contributed by atoms with Crippen molar-refractivity contribution in [2.75, 3.05) is 13.2 Å². The number of aromatic nitrogens is 3. The van der Waals surface area contributed by atoms with E-state index in [2.05, 4.69) is 36.4 Å². The van der Waals surface area contributed by atoms with Crippen LogP contribution in [0.2, 0.25) is 10.0 Å². The summed E-state index contributed by atoms with van der Waals surface area (Å²) in [5.74, 6) is 0.742. The van der Waals surface area contributed by atoms with Crippen LogP contribution in [-0.4, -0.2) is 57.7 Å². The fourth-order valence-corrected chi connectivity index (χ4v) is 5.12. The predicted octanol–water partition coefficient (Wildman–Crippen LogP) is 6.63. The number of rotatable bonds is 9. The Bertz CT molecular complexity index is 1370. The molecule has 3 aromatic rings. The first-order chi connectivity index (χ1) is 19.4.